The van der Waals surface area contributed by atoms with Crippen LogP contribution in [0.1, 0.15) is 47.4 Å². The first-order valence-corrected chi connectivity index (χ1v) is 12.1. The number of nitrogens with zero attached hydrogens (tertiary/aromatic N) is 3. The summed E-state index contributed by atoms with van der Waals surface area (Å²) in [6.07, 6.45) is 1.93. The average Bonchev–Trinajstić information content (AvgIpc) is 3.38. The van der Waals surface area contributed by atoms with E-state index in [-0.39, 0.29) is 23.5 Å². The molecule has 2 aromatic rings. The largest absolute Gasteiger partial charge is 0.367 e. The van der Waals surface area contributed by atoms with Crippen LogP contribution >= 0.6 is 0 Å². The Labute approximate surface area is 205 Å². The molecule has 4 amide bonds. The van der Waals surface area contributed by atoms with Crippen LogP contribution in [0.25, 0.3) is 0 Å². The van der Waals surface area contributed by atoms with Crippen molar-refractivity contribution in [1.29, 1.82) is 0 Å². The number of piperazine rings is 1. The van der Waals surface area contributed by atoms with E-state index in [4.69, 9.17) is 0 Å². The molecular formula is C26H32FN5O3. The number of hydrogen-bond donors (Lipinski definition) is 2. The minimum absolute atomic E-state index is 0.0557. The van der Waals surface area contributed by atoms with Gasteiger partial charge in [0.05, 0.1) is 11.1 Å². The smallest absolute Gasteiger partial charge is 0.317 e. The topological polar surface area (TPSA) is 85.0 Å². The van der Waals surface area contributed by atoms with Crippen molar-refractivity contribution < 1.29 is 18.8 Å². The summed E-state index contributed by atoms with van der Waals surface area (Å²) in [5, 5.41) is 5.64. The van der Waals surface area contributed by atoms with Crippen molar-refractivity contribution in [2.45, 2.75) is 32.7 Å². The van der Waals surface area contributed by atoms with Gasteiger partial charge in [0.15, 0.2) is 0 Å². The molecule has 2 aliphatic rings. The lowest BCUT2D eigenvalue weighted by molar-refractivity contribution is 0.0792. The first-order valence-electron chi connectivity index (χ1n) is 12.1. The van der Waals surface area contributed by atoms with Crippen LogP contribution in [0, 0.1) is 5.82 Å². The Morgan fingerprint density at radius 1 is 0.857 bits per heavy atom. The molecule has 2 N–H and O–H groups in total. The molecule has 2 aromatic carbocycles. The Balaban J connectivity index is 1.55. The summed E-state index contributed by atoms with van der Waals surface area (Å²) < 4.78 is 14.1. The number of urea groups is 1. The first kappa shape index (κ1) is 24.5. The molecule has 0 spiro atoms. The van der Waals surface area contributed by atoms with Gasteiger partial charge in [0.25, 0.3) is 11.8 Å². The Morgan fingerprint density at radius 2 is 1.54 bits per heavy atom. The van der Waals surface area contributed by atoms with Crippen LogP contribution in [0.4, 0.5) is 20.6 Å². The van der Waals surface area contributed by atoms with Gasteiger partial charge < -0.3 is 25.3 Å². The maximum Gasteiger partial charge on any atom is 0.317 e. The Morgan fingerprint density at radius 3 is 2.20 bits per heavy atom. The van der Waals surface area contributed by atoms with Gasteiger partial charge in [-0.3, -0.25) is 9.59 Å². The number of carbonyl (C=O) groups excluding carboxylic acids is 3. The maximum absolute atomic E-state index is 14.1. The van der Waals surface area contributed by atoms with E-state index >= 15 is 0 Å². The SMILES string of the molecule is CC(C)NC(=O)N1CCN(c2ccc(NC(=O)c3ccccc3F)cc2C(=O)N2CCCC2)CC1. The highest BCUT2D eigenvalue weighted by molar-refractivity contribution is 6.06. The van der Waals surface area contributed by atoms with E-state index in [1.54, 1.807) is 23.1 Å². The second-order valence-corrected chi connectivity index (χ2v) is 9.24. The second-order valence-electron chi connectivity index (χ2n) is 9.24. The summed E-state index contributed by atoms with van der Waals surface area (Å²) in [5.74, 6) is -1.26. The number of hydrogen-bond acceptors (Lipinski definition) is 4. The highest BCUT2D eigenvalue weighted by Crippen LogP contribution is 2.28. The van der Waals surface area contributed by atoms with Crippen LogP contribution in [0.3, 0.4) is 0 Å². The van der Waals surface area contributed by atoms with Gasteiger partial charge in [0, 0.05) is 56.7 Å². The van der Waals surface area contributed by atoms with Crippen molar-refractivity contribution in [2.24, 2.45) is 0 Å². The van der Waals surface area contributed by atoms with Crippen LogP contribution in [0.15, 0.2) is 42.5 Å². The summed E-state index contributed by atoms with van der Waals surface area (Å²) in [6.45, 7) is 7.52. The number of halogens is 1. The van der Waals surface area contributed by atoms with Crippen LogP contribution < -0.4 is 15.5 Å². The van der Waals surface area contributed by atoms with Crippen LogP contribution in [0.5, 0.6) is 0 Å². The van der Waals surface area contributed by atoms with E-state index in [0.29, 0.717) is 50.5 Å². The van der Waals surface area contributed by atoms with Crippen molar-refractivity contribution >= 4 is 29.2 Å². The third-order valence-corrected chi connectivity index (χ3v) is 6.32. The molecule has 0 bridgehead atoms. The van der Waals surface area contributed by atoms with E-state index < -0.39 is 11.7 Å². The summed E-state index contributed by atoms with van der Waals surface area (Å²) in [5.41, 5.74) is 1.65. The number of rotatable bonds is 5. The number of benzene rings is 2. The molecule has 0 aliphatic carbocycles. The maximum atomic E-state index is 14.1. The Hall–Kier alpha value is -3.62. The molecule has 2 aliphatic heterocycles. The predicted octanol–water partition coefficient (Wildman–Crippen LogP) is 3.55. The fourth-order valence-corrected chi connectivity index (χ4v) is 4.48. The molecule has 2 heterocycles. The number of nitrogens with one attached hydrogen (secondary N) is 2. The molecule has 35 heavy (non-hydrogen) atoms. The molecule has 186 valence electrons. The molecule has 0 unspecified atom stereocenters. The van der Waals surface area contributed by atoms with Crippen LogP contribution in [-0.2, 0) is 0 Å². The van der Waals surface area contributed by atoms with Crippen molar-refractivity contribution in [3.8, 4) is 0 Å². The van der Waals surface area contributed by atoms with E-state index in [1.807, 2.05) is 24.8 Å². The molecule has 0 radical (unpaired) electrons. The van der Waals surface area contributed by atoms with Gasteiger partial charge in [-0.15, -0.1) is 0 Å². The number of carbonyl (C=O) groups is 3. The van der Waals surface area contributed by atoms with E-state index in [0.717, 1.165) is 18.5 Å². The fourth-order valence-electron chi connectivity index (χ4n) is 4.48. The van der Waals surface area contributed by atoms with Crippen molar-refractivity contribution in [3.63, 3.8) is 0 Å². The van der Waals surface area contributed by atoms with Gasteiger partial charge in [0.2, 0.25) is 0 Å². The lowest BCUT2D eigenvalue weighted by Crippen LogP contribution is -2.53. The quantitative estimate of drug-likeness (QED) is 0.684. The molecule has 9 heteroatoms. The Bertz CT molecular complexity index is 1090. The summed E-state index contributed by atoms with van der Waals surface area (Å²) in [4.78, 5) is 44.1. The third-order valence-electron chi connectivity index (χ3n) is 6.32. The normalized spacial score (nSPS) is 15.9. The van der Waals surface area contributed by atoms with Crippen molar-refractivity contribution in [2.75, 3.05) is 49.5 Å². The van der Waals surface area contributed by atoms with Gasteiger partial charge in [0.1, 0.15) is 5.82 Å². The molecule has 0 aromatic heterocycles. The molecule has 0 atom stereocenters. The predicted molar refractivity (Wildman–Crippen MR) is 133 cm³/mol. The van der Waals surface area contributed by atoms with Gasteiger partial charge >= 0.3 is 6.03 Å². The van der Waals surface area contributed by atoms with Gasteiger partial charge in [-0.2, -0.15) is 0 Å². The molecule has 4 rings (SSSR count). The van der Waals surface area contributed by atoms with E-state index in [2.05, 4.69) is 15.5 Å². The summed E-state index contributed by atoms with van der Waals surface area (Å²) >= 11 is 0. The zero-order valence-electron chi connectivity index (χ0n) is 20.2. The molecule has 8 nitrogen and oxygen atoms in total. The highest BCUT2D eigenvalue weighted by Gasteiger charge is 2.28. The Kier molecular flexibility index (Phi) is 7.53. The van der Waals surface area contributed by atoms with Gasteiger partial charge in [-0.05, 0) is 57.0 Å². The molecule has 2 fully saturated rings. The fraction of sp³-hybridized carbons (Fsp3) is 0.423. The van der Waals surface area contributed by atoms with Gasteiger partial charge in [-0.25, -0.2) is 9.18 Å². The number of amides is 4. The molecular weight excluding hydrogens is 449 g/mol. The number of anilines is 2. The van der Waals surface area contributed by atoms with E-state index in [9.17, 15) is 18.8 Å². The monoisotopic (exact) mass is 481 g/mol. The van der Waals surface area contributed by atoms with E-state index in [1.165, 1.54) is 18.2 Å². The third kappa shape index (κ3) is 5.72. The first-order chi connectivity index (χ1) is 16.8. The number of likely N-dealkylation sites (tertiary alicyclic amines) is 1. The van der Waals surface area contributed by atoms with Gasteiger partial charge in [-0.1, -0.05) is 12.1 Å². The van der Waals surface area contributed by atoms with Crippen molar-refractivity contribution in [1.82, 2.24) is 15.1 Å². The lowest BCUT2D eigenvalue weighted by Gasteiger charge is -2.37. The van der Waals surface area contributed by atoms with Crippen molar-refractivity contribution in [3.05, 3.63) is 59.4 Å². The zero-order chi connectivity index (χ0) is 24.9. The average molecular weight is 482 g/mol. The highest BCUT2D eigenvalue weighted by atomic mass is 19.1. The standard InChI is InChI=1S/C26H32FN5O3/c1-18(2)28-26(35)32-15-13-30(14-16-32)23-10-9-19(17-21(23)25(34)31-11-5-6-12-31)29-24(33)20-7-3-4-8-22(20)27/h3-4,7-10,17-18H,5-6,11-16H2,1-2H3,(H,28,35)(H,29,33). The summed E-state index contributed by atoms with van der Waals surface area (Å²) in [6, 6.07) is 11.0. The zero-order valence-corrected chi connectivity index (χ0v) is 20.2. The lowest BCUT2D eigenvalue weighted by atomic mass is 10.1. The van der Waals surface area contributed by atoms with Crippen LogP contribution in [-0.4, -0.2) is 73.0 Å². The van der Waals surface area contributed by atoms with Crippen LogP contribution in [0.2, 0.25) is 0 Å². The summed E-state index contributed by atoms with van der Waals surface area (Å²) in [7, 11) is 0. The minimum atomic E-state index is -0.602. The molecule has 0 saturated carbocycles. The molecule has 2 saturated heterocycles. The minimum Gasteiger partial charge on any atom is -0.367 e. The second kappa shape index (κ2) is 10.8.